The maximum Gasteiger partial charge on any atom is 0.303 e. The Bertz CT molecular complexity index is 445. The van der Waals surface area contributed by atoms with Crippen molar-refractivity contribution in [2.24, 2.45) is 0 Å². The van der Waals surface area contributed by atoms with E-state index in [2.05, 4.69) is 36.1 Å². The van der Waals surface area contributed by atoms with Gasteiger partial charge in [0.05, 0.1) is 5.60 Å². The number of likely N-dealkylation sites (tertiary alicyclic amines) is 1. The molecule has 24 heavy (non-hydrogen) atoms. The molecule has 0 radical (unpaired) electrons. The molecule has 1 aliphatic heterocycles. The summed E-state index contributed by atoms with van der Waals surface area (Å²) in [7, 11) is 0. The van der Waals surface area contributed by atoms with E-state index in [1.54, 1.807) is 6.92 Å². The number of piperidine rings is 1. The van der Waals surface area contributed by atoms with Crippen LogP contribution in [-0.4, -0.2) is 46.3 Å². The van der Waals surface area contributed by atoms with Gasteiger partial charge in [0.25, 0.3) is 0 Å². The van der Waals surface area contributed by atoms with E-state index in [0.717, 1.165) is 32.4 Å². The van der Waals surface area contributed by atoms with Gasteiger partial charge in [-0.3, -0.25) is 4.79 Å². The Kier molecular flexibility index (Phi) is 11.7. The number of hydrogen-bond donors (Lipinski definition) is 2. The fourth-order valence-electron chi connectivity index (χ4n) is 2.73. The van der Waals surface area contributed by atoms with Crippen LogP contribution in [0.3, 0.4) is 0 Å². The predicted molar refractivity (Wildman–Crippen MR) is 101 cm³/mol. The highest BCUT2D eigenvalue weighted by Gasteiger charge is 2.31. The van der Waals surface area contributed by atoms with Gasteiger partial charge in [0.2, 0.25) is 0 Å². The summed E-state index contributed by atoms with van der Waals surface area (Å²) in [5.41, 5.74) is 0.770. The summed E-state index contributed by atoms with van der Waals surface area (Å²) >= 11 is 0. The number of unbranched alkanes of at least 4 members (excludes halogenated alkanes) is 1. The third-order valence-electron chi connectivity index (χ3n) is 4.29. The van der Waals surface area contributed by atoms with E-state index in [1.165, 1.54) is 24.9 Å². The molecule has 0 saturated carbocycles. The Balaban J connectivity index is 0.000000777. The molecule has 0 amide bonds. The lowest BCUT2D eigenvalue weighted by Gasteiger charge is -2.38. The largest absolute Gasteiger partial charge is 0.481 e. The molecule has 1 fully saturated rings. The molecule has 2 rings (SSSR count). The fraction of sp³-hybridized carbons (Fsp3) is 0.632. The number of carbonyl (C=O) groups is 1. The van der Waals surface area contributed by atoms with E-state index in [9.17, 15) is 9.90 Å². The minimum atomic E-state index is -0.745. The minimum Gasteiger partial charge on any atom is -0.481 e. The molecule has 0 atom stereocenters. The zero-order valence-corrected chi connectivity index (χ0v) is 15.7. The van der Waals surface area contributed by atoms with Gasteiger partial charge in [-0.1, -0.05) is 50.6 Å². The van der Waals surface area contributed by atoms with Gasteiger partial charge in [-0.15, -0.1) is 12.4 Å². The molecule has 0 spiro atoms. The summed E-state index contributed by atoms with van der Waals surface area (Å²) in [4.78, 5) is 11.9. The van der Waals surface area contributed by atoms with E-state index < -0.39 is 11.6 Å². The number of halogens is 1. The van der Waals surface area contributed by atoms with Gasteiger partial charge in [-0.2, -0.15) is 0 Å². The number of aliphatic hydroxyl groups is 1. The Morgan fingerprint density at radius 3 is 2.17 bits per heavy atom. The summed E-state index contributed by atoms with van der Waals surface area (Å²) in [6.45, 7) is 7.11. The van der Waals surface area contributed by atoms with Crippen molar-refractivity contribution in [3.8, 4) is 0 Å². The Morgan fingerprint density at radius 1 is 1.17 bits per heavy atom. The number of nitrogens with zero attached hydrogens (tertiary/aromatic N) is 1. The fourth-order valence-corrected chi connectivity index (χ4v) is 2.73. The average Bonchev–Trinajstić information content (AvgIpc) is 2.55. The molecular formula is C19H32ClNO3. The second kappa shape index (κ2) is 12.3. The molecule has 0 aliphatic carbocycles. The monoisotopic (exact) mass is 357 g/mol. The first-order chi connectivity index (χ1) is 11.0. The van der Waals surface area contributed by atoms with Crippen LogP contribution in [0.15, 0.2) is 30.3 Å². The molecule has 138 valence electrons. The highest BCUT2D eigenvalue weighted by molar-refractivity contribution is 5.85. The number of carboxylic acid groups (broad SMARTS) is 1. The van der Waals surface area contributed by atoms with E-state index in [0.29, 0.717) is 0 Å². The van der Waals surface area contributed by atoms with Gasteiger partial charge in [-0.05, 0) is 31.4 Å². The maximum atomic E-state index is 10.6. The van der Waals surface area contributed by atoms with Gasteiger partial charge in [0, 0.05) is 25.9 Å². The highest BCUT2D eigenvalue weighted by Crippen LogP contribution is 2.26. The highest BCUT2D eigenvalue weighted by atomic mass is 35.5. The zero-order chi connectivity index (χ0) is 17.1. The molecular weight excluding hydrogens is 326 g/mol. The molecule has 1 aromatic rings. The van der Waals surface area contributed by atoms with Crippen molar-refractivity contribution < 1.29 is 15.0 Å². The standard InChI is InChI=1S/C16H25NO.C3H6O2.ClH/c1-2-3-11-17-12-9-16(18,10-13-17)14-15-7-5-4-6-8-15;1-2-3(4)5;/h4-8,18H,2-3,9-14H2,1H3;2H2,1H3,(H,4,5);1H. The molecule has 0 unspecified atom stereocenters. The molecule has 1 aromatic carbocycles. The van der Waals surface area contributed by atoms with E-state index in [-0.39, 0.29) is 18.8 Å². The smallest absolute Gasteiger partial charge is 0.303 e. The van der Waals surface area contributed by atoms with Crippen LogP contribution in [-0.2, 0) is 11.2 Å². The summed E-state index contributed by atoms with van der Waals surface area (Å²) in [6, 6.07) is 10.4. The van der Waals surface area contributed by atoms with Crippen LogP contribution in [0.25, 0.3) is 0 Å². The second-order valence-corrected chi connectivity index (χ2v) is 6.33. The number of rotatable bonds is 6. The summed E-state index contributed by atoms with van der Waals surface area (Å²) in [5.74, 6) is -0.745. The first kappa shape index (κ1) is 22.9. The van der Waals surface area contributed by atoms with Gasteiger partial charge in [0.1, 0.15) is 0 Å². The second-order valence-electron chi connectivity index (χ2n) is 6.33. The van der Waals surface area contributed by atoms with Crippen molar-refractivity contribution in [2.75, 3.05) is 19.6 Å². The molecule has 1 saturated heterocycles. The van der Waals surface area contributed by atoms with E-state index in [1.807, 2.05) is 6.07 Å². The van der Waals surface area contributed by atoms with E-state index >= 15 is 0 Å². The minimum absolute atomic E-state index is 0. The van der Waals surface area contributed by atoms with Gasteiger partial charge in [0.15, 0.2) is 0 Å². The summed E-state index contributed by atoms with van der Waals surface area (Å²) in [6.07, 6.45) is 5.37. The Labute approximate surface area is 152 Å². The first-order valence-electron chi connectivity index (χ1n) is 8.69. The van der Waals surface area contributed by atoms with Gasteiger partial charge in [-0.25, -0.2) is 0 Å². The number of hydrogen-bond acceptors (Lipinski definition) is 3. The van der Waals surface area contributed by atoms with Crippen LogP contribution in [0.4, 0.5) is 0 Å². The van der Waals surface area contributed by atoms with Crippen LogP contribution in [0.2, 0.25) is 0 Å². The maximum absolute atomic E-state index is 10.6. The Hall–Kier alpha value is -1.10. The number of benzene rings is 1. The first-order valence-corrected chi connectivity index (χ1v) is 8.69. The van der Waals surface area contributed by atoms with Crippen LogP contribution < -0.4 is 0 Å². The van der Waals surface area contributed by atoms with Crippen molar-refractivity contribution in [3.63, 3.8) is 0 Å². The molecule has 0 bridgehead atoms. The van der Waals surface area contributed by atoms with Gasteiger partial charge >= 0.3 is 5.97 Å². The normalized spacial score (nSPS) is 16.5. The topological polar surface area (TPSA) is 60.8 Å². The van der Waals surface area contributed by atoms with Crippen molar-refractivity contribution in [2.45, 2.75) is 58.0 Å². The van der Waals surface area contributed by atoms with Crippen molar-refractivity contribution >= 4 is 18.4 Å². The Morgan fingerprint density at radius 2 is 1.71 bits per heavy atom. The summed E-state index contributed by atoms with van der Waals surface area (Å²) in [5, 5.41) is 18.4. The molecule has 2 N–H and O–H groups in total. The lowest BCUT2D eigenvalue weighted by Crippen LogP contribution is -2.45. The predicted octanol–water partition coefficient (Wildman–Crippen LogP) is 3.76. The van der Waals surface area contributed by atoms with Gasteiger partial charge < -0.3 is 15.1 Å². The number of carboxylic acids is 1. The zero-order valence-electron chi connectivity index (χ0n) is 14.9. The SMILES string of the molecule is CCC(=O)O.CCCCN1CCC(O)(Cc2ccccc2)CC1.Cl. The third-order valence-corrected chi connectivity index (χ3v) is 4.29. The van der Waals surface area contributed by atoms with Crippen LogP contribution in [0, 0.1) is 0 Å². The molecule has 1 aliphatic rings. The average molecular weight is 358 g/mol. The van der Waals surface area contributed by atoms with E-state index in [4.69, 9.17) is 5.11 Å². The third kappa shape index (κ3) is 9.26. The molecule has 0 aromatic heterocycles. The van der Waals surface area contributed by atoms with Crippen LogP contribution >= 0.6 is 12.4 Å². The lowest BCUT2D eigenvalue weighted by atomic mass is 9.85. The number of aliphatic carboxylic acids is 1. The van der Waals surface area contributed by atoms with Crippen molar-refractivity contribution in [1.82, 2.24) is 4.90 Å². The molecule has 1 heterocycles. The van der Waals surface area contributed by atoms with Crippen LogP contribution in [0.1, 0.15) is 51.5 Å². The quantitative estimate of drug-likeness (QED) is 0.813. The lowest BCUT2D eigenvalue weighted by molar-refractivity contribution is -0.136. The van der Waals surface area contributed by atoms with Crippen molar-refractivity contribution in [1.29, 1.82) is 0 Å². The van der Waals surface area contributed by atoms with Crippen molar-refractivity contribution in [3.05, 3.63) is 35.9 Å². The summed E-state index contributed by atoms with van der Waals surface area (Å²) < 4.78 is 0. The molecule has 4 nitrogen and oxygen atoms in total. The van der Waals surface area contributed by atoms with Crippen LogP contribution in [0.5, 0.6) is 0 Å². The molecule has 5 heteroatoms.